The first kappa shape index (κ1) is 20.0. The minimum absolute atomic E-state index is 0.227. The Balaban J connectivity index is 1.52. The van der Waals surface area contributed by atoms with E-state index in [1.165, 1.54) is 6.92 Å². The maximum absolute atomic E-state index is 12.6. The van der Waals surface area contributed by atoms with Gasteiger partial charge in [0, 0.05) is 0 Å². The van der Waals surface area contributed by atoms with Crippen molar-refractivity contribution in [3.63, 3.8) is 0 Å². The summed E-state index contributed by atoms with van der Waals surface area (Å²) in [7, 11) is 0. The van der Waals surface area contributed by atoms with E-state index in [-0.39, 0.29) is 29.7 Å². The lowest BCUT2D eigenvalue weighted by atomic mass is 9.81. The summed E-state index contributed by atoms with van der Waals surface area (Å²) >= 11 is 0. The van der Waals surface area contributed by atoms with Crippen molar-refractivity contribution >= 4 is 23.7 Å². The first-order valence-electron chi connectivity index (χ1n) is 9.78. The summed E-state index contributed by atoms with van der Waals surface area (Å²) in [6, 6.07) is 8.17. The quantitative estimate of drug-likeness (QED) is 0.596. The number of hydrogen-bond donors (Lipinski definition) is 1. The summed E-state index contributed by atoms with van der Waals surface area (Å²) in [6.45, 7) is 2.85. The van der Waals surface area contributed by atoms with Gasteiger partial charge in [-0.15, -0.1) is 0 Å². The van der Waals surface area contributed by atoms with Crippen LogP contribution in [0.25, 0.3) is 0 Å². The molecule has 2 aliphatic rings. The second kappa shape index (κ2) is 8.54. The smallest absolute Gasteiger partial charge is 0.329 e. The number of hydrogen-bond acceptors (Lipinski definition) is 5. The Morgan fingerprint density at radius 1 is 1.07 bits per heavy atom. The molecule has 1 saturated heterocycles. The molecule has 1 heterocycles. The van der Waals surface area contributed by atoms with Gasteiger partial charge in [0.2, 0.25) is 11.8 Å². The number of ether oxygens (including phenoxy) is 1. The van der Waals surface area contributed by atoms with Gasteiger partial charge in [0.05, 0.1) is 17.9 Å². The van der Waals surface area contributed by atoms with Crippen molar-refractivity contribution in [3.05, 3.63) is 35.9 Å². The van der Waals surface area contributed by atoms with E-state index in [4.69, 9.17) is 4.74 Å². The Bertz CT molecular complexity index is 739. The maximum atomic E-state index is 12.6. The van der Waals surface area contributed by atoms with E-state index in [1.807, 2.05) is 37.3 Å². The van der Waals surface area contributed by atoms with Crippen LogP contribution in [0.1, 0.15) is 51.1 Å². The SMILES string of the molecule is C[C@H](NC(=O)COC(=O)[C@H](C)N1C(=O)[C@H]2CCCC[C@@H]2C1=O)c1ccccc1. The minimum Gasteiger partial charge on any atom is -0.454 e. The molecule has 0 aromatic heterocycles. The fraction of sp³-hybridized carbons (Fsp3) is 0.524. The fourth-order valence-electron chi connectivity index (χ4n) is 4.04. The van der Waals surface area contributed by atoms with Crippen LogP contribution in [0.5, 0.6) is 0 Å². The van der Waals surface area contributed by atoms with E-state index in [9.17, 15) is 19.2 Å². The van der Waals surface area contributed by atoms with Crippen LogP contribution in [0.2, 0.25) is 0 Å². The largest absolute Gasteiger partial charge is 0.454 e. The normalized spacial score (nSPS) is 23.7. The number of fused-ring (bicyclic) bond motifs is 1. The van der Waals surface area contributed by atoms with Gasteiger partial charge in [-0.25, -0.2) is 4.79 Å². The van der Waals surface area contributed by atoms with Gasteiger partial charge in [0.25, 0.3) is 5.91 Å². The molecule has 7 nitrogen and oxygen atoms in total. The van der Waals surface area contributed by atoms with Gasteiger partial charge in [0.15, 0.2) is 6.61 Å². The highest BCUT2D eigenvalue weighted by Crippen LogP contribution is 2.38. The predicted molar refractivity (Wildman–Crippen MR) is 101 cm³/mol. The number of nitrogens with one attached hydrogen (secondary N) is 1. The van der Waals surface area contributed by atoms with E-state index in [0.717, 1.165) is 23.3 Å². The molecule has 1 saturated carbocycles. The third-order valence-corrected chi connectivity index (χ3v) is 5.63. The highest BCUT2D eigenvalue weighted by molar-refractivity contribution is 6.07. The molecule has 1 N–H and O–H groups in total. The number of imide groups is 1. The Kier molecular flexibility index (Phi) is 6.11. The van der Waals surface area contributed by atoms with Gasteiger partial charge in [-0.1, -0.05) is 43.2 Å². The highest BCUT2D eigenvalue weighted by atomic mass is 16.5. The summed E-state index contributed by atoms with van der Waals surface area (Å²) in [5.74, 6) is -2.40. The molecule has 7 heteroatoms. The van der Waals surface area contributed by atoms with E-state index < -0.39 is 24.5 Å². The number of carbonyl (C=O) groups is 4. The third-order valence-electron chi connectivity index (χ3n) is 5.63. The number of amides is 3. The molecule has 0 spiro atoms. The van der Waals surface area contributed by atoms with Gasteiger partial charge >= 0.3 is 5.97 Å². The van der Waals surface area contributed by atoms with Crippen molar-refractivity contribution in [2.75, 3.05) is 6.61 Å². The van der Waals surface area contributed by atoms with Crippen LogP contribution in [0.4, 0.5) is 0 Å². The fourth-order valence-corrected chi connectivity index (χ4v) is 4.04. The predicted octanol–water partition coefficient (Wildman–Crippen LogP) is 1.97. The molecule has 1 aromatic carbocycles. The maximum Gasteiger partial charge on any atom is 0.329 e. The molecule has 4 atom stereocenters. The molecule has 150 valence electrons. The Morgan fingerprint density at radius 3 is 2.21 bits per heavy atom. The van der Waals surface area contributed by atoms with Crippen LogP contribution in [0, 0.1) is 11.8 Å². The van der Waals surface area contributed by atoms with Crippen molar-refractivity contribution in [2.45, 2.75) is 51.6 Å². The van der Waals surface area contributed by atoms with Crippen LogP contribution in [-0.2, 0) is 23.9 Å². The van der Waals surface area contributed by atoms with E-state index in [1.54, 1.807) is 0 Å². The molecule has 28 heavy (non-hydrogen) atoms. The van der Waals surface area contributed by atoms with Crippen molar-refractivity contribution in [1.29, 1.82) is 0 Å². The van der Waals surface area contributed by atoms with Crippen LogP contribution in [0.15, 0.2) is 30.3 Å². The first-order chi connectivity index (χ1) is 13.4. The topological polar surface area (TPSA) is 92.8 Å². The van der Waals surface area contributed by atoms with Gasteiger partial charge in [0.1, 0.15) is 6.04 Å². The zero-order valence-electron chi connectivity index (χ0n) is 16.2. The van der Waals surface area contributed by atoms with E-state index in [0.29, 0.717) is 12.8 Å². The summed E-state index contributed by atoms with van der Waals surface area (Å²) in [4.78, 5) is 50.6. The van der Waals surface area contributed by atoms with Crippen LogP contribution in [-0.4, -0.2) is 41.2 Å². The molecule has 1 aliphatic heterocycles. The van der Waals surface area contributed by atoms with Gasteiger partial charge in [-0.2, -0.15) is 0 Å². The molecule has 0 bridgehead atoms. The number of nitrogens with zero attached hydrogens (tertiary/aromatic N) is 1. The van der Waals surface area contributed by atoms with Crippen molar-refractivity contribution in [3.8, 4) is 0 Å². The second-order valence-electron chi connectivity index (χ2n) is 7.53. The zero-order chi connectivity index (χ0) is 20.3. The van der Waals surface area contributed by atoms with Gasteiger partial charge in [-0.3, -0.25) is 19.3 Å². The van der Waals surface area contributed by atoms with Gasteiger partial charge < -0.3 is 10.1 Å². The summed E-state index contributed by atoms with van der Waals surface area (Å²) < 4.78 is 5.07. The lowest BCUT2D eigenvalue weighted by Gasteiger charge is -2.21. The summed E-state index contributed by atoms with van der Waals surface area (Å²) in [6.07, 6.45) is 3.22. The van der Waals surface area contributed by atoms with Crippen molar-refractivity contribution in [2.24, 2.45) is 11.8 Å². The van der Waals surface area contributed by atoms with Gasteiger partial charge in [-0.05, 0) is 32.3 Å². The third kappa shape index (κ3) is 4.08. The molecular formula is C21H26N2O5. The number of esters is 1. The van der Waals surface area contributed by atoms with Crippen molar-refractivity contribution in [1.82, 2.24) is 10.2 Å². The Morgan fingerprint density at radius 2 is 1.64 bits per heavy atom. The average molecular weight is 386 g/mol. The number of likely N-dealkylation sites (tertiary alicyclic amines) is 1. The average Bonchev–Trinajstić information content (AvgIpc) is 2.97. The lowest BCUT2D eigenvalue weighted by Crippen LogP contribution is -2.45. The molecule has 0 unspecified atom stereocenters. The van der Waals surface area contributed by atoms with E-state index in [2.05, 4.69) is 5.32 Å². The lowest BCUT2D eigenvalue weighted by molar-refractivity contribution is -0.159. The van der Waals surface area contributed by atoms with Crippen LogP contribution in [0.3, 0.4) is 0 Å². The standard InChI is InChI=1S/C21H26N2O5/c1-13(15-8-4-3-5-9-15)22-18(24)12-28-21(27)14(2)23-19(25)16-10-6-7-11-17(16)20(23)26/h3-5,8-9,13-14,16-17H,6-7,10-12H2,1-2H3,(H,22,24)/t13-,14-,16-,17-/m0/s1. The second-order valence-corrected chi connectivity index (χ2v) is 7.53. The Hall–Kier alpha value is -2.70. The molecule has 2 fully saturated rings. The number of carbonyl (C=O) groups excluding carboxylic acids is 4. The molecule has 1 aliphatic carbocycles. The molecular weight excluding hydrogens is 360 g/mol. The monoisotopic (exact) mass is 386 g/mol. The van der Waals surface area contributed by atoms with Crippen LogP contribution < -0.4 is 5.32 Å². The molecule has 0 radical (unpaired) electrons. The number of rotatable bonds is 6. The zero-order valence-corrected chi connectivity index (χ0v) is 16.2. The van der Waals surface area contributed by atoms with E-state index >= 15 is 0 Å². The molecule has 3 rings (SSSR count). The molecule has 1 aromatic rings. The Labute approximate surface area is 164 Å². The molecule has 3 amide bonds. The first-order valence-corrected chi connectivity index (χ1v) is 9.78. The summed E-state index contributed by atoms with van der Waals surface area (Å²) in [5.41, 5.74) is 0.936. The van der Waals surface area contributed by atoms with Crippen molar-refractivity contribution < 1.29 is 23.9 Å². The van der Waals surface area contributed by atoms with Crippen LogP contribution >= 0.6 is 0 Å². The highest BCUT2D eigenvalue weighted by Gasteiger charge is 2.51. The minimum atomic E-state index is -1.02. The summed E-state index contributed by atoms with van der Waals surface area (Å²) in [5, 5.41) is 2.75. The number of benzene rings is 1.